The van der Waals surface area contributed by atoms with Crippen LogP contribution in [0.15, 0.2) is 6.20 Å². The van der Waals surface area contributed by atoms with Gasteiger partial charge in [-0.3, -0.25) is 4.79 Å². The average Bonchev–Trinajstić information content (AvgIpc) is 2.43. The molecule has 0 radical (unpaired) electrons. The molecule has 0 fully saturated rings. The van der Waals surface area contributed by atoms with Gasteiger partial charge in [-0.2, -0.15) is 0 Å². The molecule has 7 nitrogen and oxygen atoms in total. The summed E-state index contributed by atoms with van der Waals surface area (Å²) in [6.07, 6.45) is 1.40. The van der Waals surface area contributed by atoms with Gasteiger partial charge in [0.15, 0.2) is 0 Å². The van der Waals surface area contributed by atoms with Gasteiger partial charge in [-0.05, 0) is 19.8 Å². The van der Waals surface area contributed by atoms with Crippen LogP contribution in [-0.2, 0) is 9.53 Å². The van der Waals surface area contributed by atoms with Crippen LogP contribution in [0, 0.1) is 12.8 Å². The minimum Gasteiger partial charge on any atom is -0.462 e. The number of carbonyl (C=O) groups excluding carboxylic acids is 2. The van der Waals surface area contributed by atoms with Gasteiger partial charge in [-0.15, -0.1) is 0 Å². The zero-order chi connectivity index (χ0) is 15.8. The van der Waals surface area contributed by atoms with Crippen molar-refractivity contribution in [2.75, 3.05) is 25.0 Å². The molecule has 21 heavy (non-hydrogen) atoms. The molecule has 0 aliphatic rings. The van der Waals surface area contributed by atoms with Crippen molar-refractivity contribution < 1.29 is 14.3 Å². The van der Waals surface area contributed by atoms with E-state index < -0.39 is 5.97 Å². The molecule has 2 N–H and O–H groups in total. The Kier molecular flexibility index (Phi) is 6.58. The van der Waals surface area contributed by atoms with Crippen molar-refractivity contribution in [1.29, 1.82) is 0 Å². The Morgan fingerprint density at radius 3 is 2.67 bits per heavy atom. The standard InChI is InChI=1S/C14H22N4O3/c1-5-21-13(20)11-7-16-14(18-10(11)4)17-8-12(19)15-6-9(2)3/h7,9H,5-6,8H2,1-4H3,(H,15,19)(H,16,17,18). The largest absolute Gasteiger partial charge is 0.462 e. The van der Waals surface area contributed by atoms with Crippen LogP contribution in [0.5, 0.6) is 0 Å². The Hall–Kier alpha value is -2.18. The van der Waals surface area contributed by atoms with E-state index in [0.717, 1.165) is 0 Å². The molecule has 0 aliphatic carbocycles. The molecule has 0 bridgehead atoms. The maximum Gasteiger partial charge on any atom is 0.341 e. The Morgan fingerprint density at radius 1 is 1.38 bits per heavy atom. The predicted molar refractivity (Wildman–Crippen MR) is 79.1 cm³/mol. The summed E-state index contributed by atoms with van der Waals surface area (Å²) in [5.74, 6) is 0.132. The van der Waals surface area contributed by atoms with Gasteiger partial charge in [0.1, 0.15) is 0 Å². The van der Waals surface area contributed by atoms with Crippen LogP contribution in [0.3, 0.4) is 0 Å². The van der Waals surface area contributed by atoms with Gasteiger partial charge >= 0.3 is 5.97 Å². The highest BCUT2D eigenvalue weighted by molar-refractivity contribution is 5.90. The van der Waals surface area contributed by atoms with Crippen molar-refractivity contribution in [3.05, 3.63) is 17.5 Å². The van der Waals surface area contributed by atoms with E-state index in [4.69, 9.17) is 4.74 Å². The van der Waals surface area contributed by atoms with Crippen LogP contribution in [0.2, 0.25) is 0 Å². The highest BCUT2D eigenvalue weighted by atomic mass is 16.5. The maximum atomic E-state index is 11.6. The first-order chi connectivity index (χ1) is 9.93. The molecule has 1 aromatic heterocycles. The van der Waals surface area contributed by atoms with Gasteiger partial charge in [0, 0.05) is 12.7 Å². The number of nitrogens with one attached hydrogen (secondary N) is 2. The van der Waals surface area contributed by atoms with E-state index in [-0.39, 0.29) is 12.5 Å². The average molecular weight is 294 g/mol. The van der Waals surface area contributed by atoms with Crippen molar-refractivity contribution >= 4 is 17.8 Å². The third-order valence-electron chi connectivity index (χ3n) is 2.59. The summed E-state index contributed by atoms with van der Waals surface area (Å²) < 4.78 is 4.90. The Morgan fingerprint density at radius 2 is 2.10 bits per heavy atom. The topological polar surface area (TPSA) is 93.2 Å². The van der Waals surface area contributed by atoms with E-state index in [1.807, 2.05) is 13.8 Å². The second-order valence-corrected chi connectivity index (χ2v) is 4.96. The molecule has 0 aromatic carbocycles. The van der Waals surface area contributed by atoms with Crippen molar-refractivity contribution in [2.45, 2.75) is 27.7 Å². The number of rotatable bonds is 7. The van der Waals surface area contributed by atoms with Crippen LogP contribution >= 0.6 is 0 Å². The van der Waals surface area contributed by atoms with E-state index in [2.05, 4.69) is 20.6 Å². The Labute approximate surface area is 124 Å². The molecule has 1 heterocycles. The first-order valence-electron chi connectivity index (χ1n) is 6.95. The van der Waals surface area contributed by atoms with E-state index in [9.17, 15) is 9.59 Å². The first kappa shape index (κ1) is 16.9. The van der Waals surface area contributed by atoms with E-state index in [1.54, 1.807) is 13.8 Å². The number of hydrogen-bond donors (Lipinski definition) is 2. The summed E-state index contributed by atoms with van der Waals surface area (Å²) in [4.78, 5) is 31.3. The zero-order valence-electron chi connectivity index (χ0n) is 12.9. The van der Waals surface area contributed by atoms with Crippen LogP contribution < -0.4 is 10.6 Å². The summed E-state index contributed by atoms with van der Waals surface area (Å²) in [5, 5.41) is 5.60. The zero-order valence-corrected chi connectivity index (χ0v) is 12.9. The molecule has 0 atom stereocenters. The minimum absolute atomic E-state index is 0.0882. The van der Waals surface area contributed by atoms with Gasteiger partial charge in [0.25, 0.3) is 0 Å². The monoisotopic (exact) mass is 294 g/mol. The van der Waals surface area contributed by atoms with Crippen molar-refractivity contribution in [1.82, 2.24) is 15.3 Å². The van der Waals surface area contributed by atoms with Gasteiger partial charge in [-0.1, -0.05) is 13.8 Å². The van der Waals surface area contributed by atoms with Crippen molar-refractivity contribution in [3.63, 3.8) is 0 Å². The molecule has 0 aliphatic heterocycles. The molecule has 0 unspecified atom stereocenters. The number of amides is 1. The summed E-state index contributed by atoms with van der Waals surface area (Å²) >= 11 is 0. The lowest BCUT2D eigenvalue weighted by Gasteiger charge is -2.09. The third-order valence-corrected chi connectivity index (χ3v) is 2.59. The van der Waals surface area contributed by atoms with Crippen LogP contribution in [0.25, 0.3) is 0 Å². The molecule has 7 heteroatoms. The van der Waals surface area contributed by atoms with Crippen LogP contribution in [-0.4, -0.2) is 41.5 Å². The maximum absolute atomic E-state index is 11.6. The number of ether oxygens (including phenoxy) is 1. The molecule has 0 saturated carbocycles. The third kappa shape index (κ3) is 5.76. The molecular formula is C14H22N4O3. The van der Waals surface area contributed by atoms with Crippen molar-refractivity contribution in [2.24, 2.45) is 5.92 Å². The Bertz CT molecular complexity index is 503. The Balaban J connectivity index is 2.56. The van der Waals surface area contributed by atoms with Gasteiger partial charge in [0.05, 0.1) is 24.4 Å². The number of aromatic nitrogens is 2. The normalized spacial score (nSPS) is 10.3. The highest BCUT2D eigenvalue weighted by Gasteiger charge is 2.13. The van der Waals surface area contributed by atoms with Gasteiger partial charge in [-0.25, -0.2) is 14.8 Å². The van der Waals surface area contributed by atoms with Crippen molar-refractivity contribution in [3.8, 4) is 0 Å². The van der Waals surface area contributed by atoms with Crippen LogP contribution in [0.4, 0.5) is 5.95 Å². The van der Waals surface area contributed by atoms with Gasteiger partial charge < -0.3 is 15.4 Å². The SMILES string of the molecule is CCOC(=O)c1cnc(NCC(=O)NCC(C)C)nc1C. The molecular weight excluding hydrogens is 272 g/mol. The smallest absolute Gasteiger partial charge is 0.341 e. The molecule has 116 valence electrons. The predicted octanol–water partition coefficient (Wildman–Crippen LogP) is 1.15. The number of hydrogen-bond acceptors (Lipinski definition) is 6. The van der Waals surface area contributed by atoms with E-state index in [1.165, 1.54) is 6.20 Å². The highest BCUT2D eigenvalue weighted by Crippen LogP contribution is 2.08. The second-order valence-electron chi connectivity index (χ2n) is 4.96. The van der Waals surface area contributed by atoms with Crippen LogP contribution in [0.1, 0.15) is 36.8 Å². The molecule has 1 amide bonds. The number of nitrogens with zero attached hydrogens (tertiary/aromatic N) is 2. The fourth-order valence-corrected chi connectivity index (χ4v) is 1.50. The van der Waals surface area contributed by atoms with Gasteiger partial charge in [0.2, 0.25) is 11.9 Å². The molecule has 0 spiro atoms. The quantitative estimate of drug-likeness (QED) is 0.733. The summed E-state index contributed by atoms with van der Waals surface area (Å²) in [6.45, 7) is 8.49. The molecule has 1 aromatic rings. The first-order valence-corrected chi connectivity index (χ1v) is 6.95. The summed E-state index contributed by atoms with van der Waals surface area (Å²) in [7, 11) is 0. The number of carbonyl (C=O) groups is 2. The molecule has 0 saturated heterocycles. The summed E-state index contributed by atoms with van der Waals surface area (Å²) in [6, 6.07) is 0. The number of aryl methyl sites for hydroxylation is 1. The minimum atomic E-state index is -0.448. The fraction of sp³-hybridized carbons (Fsp3) is 0.571. The second kappa shape index (κ2) is 8.18. The number of esters is 1. The summed E-state index contributed by atoms with van der Waals surface area (Å²) in [5.41, 5.74) is 0.834. The molecule has 1 rings (SSSR count). The lowest BCUT2D eigenvalue weighted by Crippen LogP contribution is -2.32. The lowest BCUT2D eigenvalue weighted by atomic mass is 10.2. The van der Waals surface area contributed by atoms with E-state index in [0.29, 0.717) is 36.3 Å². The lowest BCUT2D eigenvalue weighted by molar-refractivity contribution is -0.119. The number of anilines is 1. The fourth-order valence-electron chi connectivity index (χ4n) is 1.50. The van der Waals surface area contributed by atoms with E-state index >= 15 is 0 Å².